The summed E-state index contributed by atoms with van der Waals surface area (Å²) >= 11 is 0. The topological polar surface area (TPSA) is 64.0 Å². The standard InChI is InChI=1S/C13H17N3O2S/c1-11-13(10-14-16(11)2)19(17,18)15-9-8-12-6-4-3-5-7-12/h3-7,10,15H,8-9H2,1-2H3. The molecule has 0 spiro atoms. The Kier molecular flexibility index (Phi) is 4.01. The predicted molar refractivity (Wildman–Crippen MR) is 73.3 cm³/mol. The minimum absolute atomic E-state index is 0.239. The second-order valence-corrected chi connectivity index (χ2v) is 6.09. The van der Waals surface area contributed by atoms with E-state index in [-0.39, 0.29) is 4.90 Å². The molecule has 1 N–H and O–H groups in total. The van der Waals surface area contributed by atoms with Gasteiger partial charge in [-0.25, -0.2) is 13.1 Å². The lowest BCUT2D eigenvalue weighted by atomic mass is 10.2. The van der Waals surface area contributed by atoms with E-state index in [0.29, 0.717) is 18.7 Å². The fourth-order valence-corrected chi connectivity index (χ4v) is 3.03. The lowest BCUT2D eigenvalue weighted by molar-refractivity contribution is 0.580. The van der Waals surface area contributed by atoms with Gasteiger partial charge in [-0.15, -0.1) is 0 Å². The molecule has 0 unspecified atom stereocenters. The Hall–Kier alpha value is -1.66. The lowest BCUT2D eigenvalue weighted by Crippen LogP contribution is -2.26. The maximum atomic E-state index is 12.1. The number of rotatable bonds is 5. The van der Waals surface area contributed by atoms with E-state index in [1.54, 1.807) is 18.7 Å². The number of hydrogen-bond donors (Lipinski definition) is 1. The van der Waals surface area contributed by atoms with E-state index in [4.69, 9.17) is 0 Å². The summed E-state index contributed by atoms with van der Waals surface area (Å²) in [6.07, 6.45) is 2.04. The van der Waals surface area contributed by atoms with Gasteiger partial charge in [-0.1, -0.05) is 30.3 Å². The Morgan fingerprint density at radius 3 is 2.53 bits per heavy atom. The summed E-state index contributed by atoms with van der Waals surface area (Å²) in [5, 5.41) is 3.95. The van der Waals surface area contributed by atoms with Crippen LogP contribution in [0.1, 0.15) is 11.3 Å². The van der Waals surface area contributed by atoms with Gasteiger partial charge in [-0.3, -0.25) is 4.68 Å². The molecule has 0 aliphatic heterocycles. The van der Waals surface area contributed by atoms with Gasteiger partial charge < -0.3 is 0 Å². The summed E-state index contributed by atoms with van der Waals surface area (Å²) in [7, 11) is -1.75. The van der Waals surface area contributed by atoms with Crippen LogP contribution in [0.2, 0.25) is 0 Å². The number of benzene rings is 1. The molecule has 1 aromatic heterocycles. The van der Waals surface area contributed by atoms with Crippen molar-refractivity contribution in [1.29, 1.82) is 0 Å². The highest BCUT2D eigenvalue weighted by molar-refractivity contribution is 7.89. The highest BCUT2D eigenvalue weighted by Gasteiger charge is 2.19. The third-order valence-electron chi connectivity index (χ3n) is 3.03. The highest BCUT2D eigenvalue weighted by atomic mass is 32.2. The largest absolute Gasteiger partial charge is 0.272 e. The highest BCUT2D eigenvalue weighted by Crippen LogP contribution is 2.12. The summed E-state index contributed by atoms with van der Waals surface area (Å²) in [5.74, 6) is 0. The van der Waals surface area contributed by atoms with Crippen molar-refractivity contribution in [2.45, 2.75) is 18.2 Å². The molecule has 0 aliphatic carbocycles. The molecule has 0 fully saturated rings. The van der Waals surface area contributed by atoms with Gasteiger partial charge in [0.15, 0.2) is 0 Å². The Morgan fingerprint density at radius 1 is 1.26 bits per heavy atom. The van der Waals surface area contributed by atoms with E-state index in [0.717, 1.165) is 5.56 Å². The molecule has 102 valence electrons. The van der Waals surface area contributed by atoms with Crippen molar-refractivity contribution in [2.24, 2.45) is 7.05 Å². The Bertz CT molecular complexity index is 648. The average molecular weight is 279 g/mol. The molecule has 0 bridgehead atoms. The first-order valence-corrected chi connectivity index (χ1v) is 7.51. The van der Waals surface area contributed by atoms with Gasteiger partial charge in [0.2, 0.25) is 10.0 Å². The Morgan fingerprint density at radius 2 is 1.95 bits per heavy atom. The smallest absolute Gasteiger partial charge is 0.243 e. The van der Waals surface area contributed by atoms with Crippen molar-refractivity contribution in [3.8, 4) is 0 Å². The van der Waals surface area contributed by atoms with Crippen LogP contribution >= 0.6 is 0 Å². The van der Waals surface area contributed by atoms with Crippen molar-refractivity contribution in [3.63, 3.8) is 0 Å². The quantitative estimate of drug-likeness (QED) is 0.896. The number of hydrogen-bond acceptors (Lipinski definition) is 3. The minimum Gasteiger partial charge on any atom is -0.272 e. The summed E-state index contributed by atoms with van der Waals surface area (Å²) < 4.78 is 28.3. The molecule has 0 saturated carbocycles. The second kappa shape index (κ2) is 5.54. The van der Waals surface area contributed by atoms with Gasteiger partial charge in [-0.05, 0) is 18.9 Å². The molecule has 0 amide bonds. The first-order chi connectivity index (χ1) is 9.00. The van der Waals surface area contributed by atoms with Gasteiger partial charge in [0.25, 0.3) is 0 Å². The molecular weight excluding hydrogens is 262 g/mol. The van der Waals surface area contributed by atoms with Gasteiger partial charge in [0.05, 0.1) is 11.9 Å². The molecular formula is C13H17N3O2S. The molecule has 19 heavy (non-hydrogen) atoms. The first kappa shape index (κ1) is 13.8. The predicted octanol–water partition coefficient (Wildman–Crippen LogP) is 1.25. The van der Waals surface area contributed by atoms with E-state index in [2.05, 4.69) is 9.82 Å². The molecule has 5 nitrogen and oxygen atoms in total. The van der Waals surface area contributed by atoms with Crippen LogP contribution in [0.25, 0.3) is 0 Å². The van der Waals surface area contributed by atoms with Crippen LogP contribution in [-0.2, 0) is 23.5 Å². The molecule has 0 radical (unpaired) electrons. The third kappa shape index (κ3) is 3.21. The normalized spacial score (nSPS) is 11.7. The van der Waals surface area contributed by atoms with E-state index in [1.165, 1.54) is 6.20 Å². The number of sulfonamides is 1. The van der Waals surface area contributed by atoms with Gasteiger partial charge in [-0.2, -0.15) is 5.10 Å². The van der Waals surface area contributed by atoms with Crippen LogP contribution in [0.5, 0.6) is 0 Å². The Labute approximate surface area is 113 Å². The molecule has 0 saturated heterocycles. The van der Waals surface area contributed by atoms with Gasteiger partial charge in [0, 0.05) is 13.6 Å². The number of nitrogens with zero attached hydrogens (tertiary/aromatic N) is 2. The van der Waals surface area contributed by atoms with E-state index < -0.39 is 10.0 Å². The molecule has 0 atom stereocenters. The number of aromatic nitrogens is 2. The van der Waals surface area contributed by atoms with Crippen LogP contribution in [-0.4, -0.2) is 24.7 Å². The van der Waals surface area contributed by atoms with Crippen LogP contribution in [0, 0.1) is 6.92 Å². The summed E-state index contributed by atoms with van der Waals surface area (Å²) in [6.45, 7) is 2.11. The van der Waals surface area contributed by atoms with Crippen molar-refractivity contribution in [3.05, 3.63) is 47.8 Å². The van der Waals surface area contributed by atoms with Crippen molar-refractivity contribution in [1.82, 2.24) is 14.5 Å². The minimum atomic E-state index is -3.47. The molecule has 2 aromatic rings. The molecule has 1 aromatic carbocycles. The SMILES string of the molecule is Cc1c(S(=O)(=O)NCCc2ccccc2)cnn1C. The maximum absolute atomic E-state index is 12.1. The molecule has 1 heterocycles. The molecule has 2 rings (SSSR count). The zero-order valence-electron chi connectivity index (χ0n) is 11.0. The van der Waals surface area contributed by atoms with E-state index in [1.807, 2.05) is 30.3 Å². The zero-order chi connectivity index (χ0) is 13.9. The van der Waals surface area contributed by atoms with Crippen LogP contribution in [0.15, 0.2) is 41.4 Å². The van der Waals surface area contributed by atoms with Crippen molar-refractivity contribution < 1.29 is 8.42 Å². The first-order valence-electron chi connectivity index (χ1n) is 6.03. The van der Waals surface area contributed by atoms with Crippen LogP contribution < -0.4 is 4.72 Å². The van der Waals surface area contributed by atoms with Crippen molar-refractivity contribution >= 4 is 10.0 Å². The summed E-state index contributed by atoms with van der Waals surface area (Å²) in [4.78, 5) is 0.239. The number of aryl methyl sites for hydroxylation is 1. The van der Waals surface area contributed by atoms with E-state index >= 15 is 0 Å². The molecule has 0 aliphatic rings. The number of nitrogens with one attached hydrogen (secondary N) is 1. The Balaban J connectivity index is 2.01. The average Bonchev–Trinajstić information content (AvgIpc) is 2.72. The summed E-state index contributed by atoms with van der Waals surface area (Å²) in [6, 6.07) is 9.77. The fourth-order valence-electron chi connectivity index (χ4n) is 1.79. The van der Waals surface area contributed by atoms with Gasteiger partial charge in [0.1, 0.15) is 4.90 Å². The van der Waals surface area contributed by atoms with Crippen molar-refractivity contribution in [2.75, 3.05) is 6.54 Å². The van der Waals surface area contributed by atoms with Crippen LogP contribution in [0.4, 0.5) is 0 Å². The van der Waals surface area contributed by atoms with E-state index in [9.17, 15) is 8.42 Å². The third-order valence-corrected chi connectivity index (χ3v) is 4.59. The lowest BCUT2D eigenvalue weighted by Gasteiger charge is -2.06. The second-order valence-electron chi connectivity index (χ2n) is 4.35. The zero-order valence-corrected chi connectivity index (χ0v) is 11.8. The van der Waals surface area contributed by atoms with Crippen LogP contribution in [0.3, 0.4) is 0 Å². The molecule has 6 heteroatoms. The fraction of sp³-hybridized carbons (Fsp3) is 0.308. The summed E-state index contributed by atoms with van der Waals surface area (Å²) in [5.41, 5.74) is 1.74. The monoisotopic (exact) mass is 279 g/mol. The van der Waals surface area contributed by atoms with Gasteiger partial charge >= 0.3 is 0 Å². The maximum Gasteiger partial charge on any atom is 0.243 e.